The van der Waals surface area contributed by atoms with Crippen LogP contribution in [0.25, 0.3) is 0 Å². The number of aryl methyl sites for hydroxylation is 2. The second kappa shape index (κ2) is 5.97. The van der Waals surface area contributed by atoms with Gasteiger partial charge in [0.15, 0.2) is 0 Å². The molecule has 0 spiro atoms. The summed E-state index contributed by atoms with van der Waals surface area (Å²) in [5.41, 5.74) is 2.66. The van der Waals surface area contributed by atoms with E-state index in [-0.39, 0.29) is 0 Å². The summed E-state index contributed by atoms with van der Waals surface area (Å²) in [6.07, 6.45) is 0. The summed E-state index contributed by atoms with van der Waals surface area (Å²) in [7, 11) is 0. The molecule has 1 aromatic rings. The molecule has 0 amide bonds. The zero-order valence-corrected chi connectivity index (χ0v) is 8.58. The van der Waals surface area contributed by atoms with E-state index in [0.717, 1.165) is 0 Å². The Balaban J connectivity index is 0.000000292. The second-order valence-electron chi connectivity index (χ2n) is 2.25. The van der Waals surface area contributed by atoms with Gasteiger partial charge < -0.3 is 0 Å². The Bertz CT molecular complexity index is 212. The van der Waals surface area contributed by atoms with Crippen LogP contribution in [0.15, 0.2) is 24.3 Å². The summed E-state index contributed by atoms with van der Waals surface area (Å²) in [6.45, 7) is 4.19. The SMILES string of the molecule is Cc1ccc(C)cc1.N#C[SeH]. The van der Waals surface area contributed by atoms with Gasteiger partial charge in [0.25, 0.3) is 0 Å². The summed E-state index contributed by atoms with van der Waals surface area (Å²) < 4.78 is 0. The van der Waals surface area contributed by atoms with Gasteiger partial charge in [0.05, 0.1) is 0 Å². The van der Waals surface area contributed by atoms with Crippen molar-refractivity contribution >= 4 is 16.0 Å². The summed E-state index contributed by atoms with van der Waals surface area (Å²) in [5.74, 6) is 0. The molecule has 58 valence electrons. The van der Waals surface area contributed by atoms with E-state index < -0.39 is 0 Å². The van der Waals surface area contributed by atoms with E-state index in [0.29, 0.717) is 0 Å². The van der Waals surface area contributed by atoms with Gasteiger partial charge in [-0.25, -0.2) is 0 Å². The van der Waals surface area contributed by atoms with Crippen molar-refractivity contribution in [1.29, 1.82) is 5.26 Å². The van der Waals surface area contributed by atoms with Gasteiger partial charge >= 0.3 is 26.2 Å². The zero-order valence-electron chi connectivity index (χ0n) is 6.70. The third-order valence-electron chi connectivity index (χ3n) is 1.22. The molecule has 1 rings (SSSR count). The van der Waals surface area contributed by atoms with Crippen LogP contribution < -0.4 is 0 Å². The van der Waals surface area contributed by atoms with Gasteiger partial charge in [-0.2, -0.15) is 0 Å². The molecule has 0 aliphatic heterocycles. The molecule has 1 nitrogen and oxygen atoms in total. The molecular formula is C9H11NSe. The van der Waals surface area contributed by atoms with Crippen molar-refractivity contribution in [3.8, 4) is 4.97 Å². The summed E-state index contributed by atoms with van der Waals surface area (Å²) in [5, 5.41) is 7.29. The first kappa shape index (κ1) is 10.2. The van der Waals surface area contributed by atoms with Crippen molar-refractivity contribution in [3.63, 3.8) is 0 Å². The second-order valence-corrected chi connectivity index (χ2v) is 2.67. The summed E-state index contributed by atoms with van der Waals surface area (Å²) in [4.78, 5) is 1.69. The molecule has 0 atom stereocenters. The molecule has 0 heterocycles. The van der Waals surface area contributed by atoms with Gasteiger partial charge in [0.1, 0.15) is 0 Å². The zero-order chi connectivity index (χ0) is 8.69. The first-order chi connectivity index (χ1) is 5.20. The molecule has 0 aliphatic rings. The van der Waals surface area contributed by atoms with Crippen molar-refractivity contribution in [2.45, 2.75) is 13.8 Å². The van der Waals surface area contributed by atoms with Gasteiger partial charge in [-0.15, -0.1) is 0 Å². The van der Waals surface area contributed by atoms with Crippen molar-refractivity contribution in [3.05, 3.63) is 35.4 Å². The minimum atomic E-state index is 1.33. The number of hydrogen-bond acceptors (Lipinski definition) is 1. The van der Waals surface area contributed by atoms with Crippen LogP contribution in [0.4, 0.5) is 0 Å². The van der Waals surface area contributed by atoms with Gasteiger partial charge in [0, 0.05) is 0 Å². The molecule has 0 bridgehead atoms. The quantitative estimate of drug-likeness (QED) is 0.600. The van der Waals surface area contributed by atoms with Gasteiger partial charge in [-0.1, -0.05) is 35.4 Å². The molecule has 2 heteroatoms. The van der Waals surface area contributed by atoms with Crippen LogP contribution in [0.5, 0.6) is 0 Å². The molecule has 0 aromatic heterocycles. The van der Waals surface area contributed by atoms with Crippen molar-refractivity contribution in [2.75, 3.05) is 0 Å². The number of nitriles is 1. The molecule has 1 aromatic carbocycles. The summed E-state index contributed by atoms with van der Waals surface area (Å²) in [6, 6.07) is 8.48. The Morgan fingerprint density at radius 3 is 1.45 bits per heavy atom. The maximum absolute atomic E-state index is 7.29. The Morgan fingerprint density at radius 2 is 1.27 bits per heavy atom. The normalized spacial score (nSPS) is 7.45. The molecule has 11 heavy (non-hydrogen) atoms. The number of nitrogens with zero attached hydrogens (tertiary/aromatic N) is 1. The van der Waals surface area contributed by atoms with Crippen LogP contribution in [-0.4, -0.2) is 16.0 Å². The van der Waals surface area contributed by atoms with Crippen LogP contribution in [-0.2, 0) is 0 Å². The van der Waals surface area contributed by atoms with Crippen molar-refractivity contribution in [2.24, 2.45) is 0 Å². The van der Waals surface area contributed by atoms with E-state index >= 15 is 0 Å². The van der Waals surface area contributed by atoms with E-state index in [9.17, 15) is 0 Å². The molecule has 0 fully saturated rings. The third kappa shape index (κ3) is 5.66. The number of rotatable bonds is 0. The summed E-state index contributed by atoms with van der Waals surface area (Å²) >= 11 is 1.77. The van der Waals surface area contributed by atoms with Crippen LogP contribution in [0, 0.1) is 24.1 Å². The van der Waals surface area contributed by atoms with E-state index in [4.69, 9.17) is 5.26 Å². The van der Waals surface area contributed by atoms with E-state index in [1.165, 1.54) is 11.1 Å². The van der Waals surface area contributed by atoms with Crippen molar-refractivity contribution < 1.29 is 0 Å². The predicted octanol–water partition coefficient (Wildman–Crippen LogP) is 1.67. The van der Waals surface area contributed by atoms with Crippen LogP contribution >= 0.6 is 0 Å². The van der Waals surface area contributed by atoms with Gasteiger partial charge in [0.2, 0.25) is 0 Å². The standard InChI is InChI=1S/C8H10.CHNSe/c1-7-3-5-8(2)6-4-7;2-1-3/h3-6H,1-2H3;3H. The fourth-order valence-corrected chi connectivity index (χ4v) is 0.637. The minimum absolute atomic E-state index is 1.33. The fraction of sp³-hybridized carbons (Fsp3) is 0.222. The average molecular weight is 212 g/mol. The predicted molar refractivity (Wildman–Crippen MR) is 48.7 cm³/mol. The van der Waals surface area contributed by atoms with Gasteiger partial charge in [-0.05, 0) is 13.8 Å². The Hall–Kier alpha value is -0.771. The monoisotopic (exact) mass is 213 g/mol. The van der Waals surface area contributed by atoms with Crippen molar-refractivity contribution in [1.82, 2.24) is 0 Å². The average Bonchev–Trinajstić information content (AvgIpc) is 1.97. The Morgan fingerprint density at radius 1 is 1.09 bits per heavy atom. The van der Waals surface area contributed by atoms with E-state index in [2.05, 4.69) is 38.1 Å². The van der Waals surface area contributed by atoms with Gasteiger partial charge in [-0.3, -0.25) is 0 Å². The topological polar surface area (TPSA) is 23.8 Å². The fourth-order valence-electron chi connectivity index (χ4n) is 0.637. The number of benzene rings is 1. The molecule has 0 radical (unpaired) electrons. The molecule has 0 unspecified atom stereocenters. The molecule has 0 aliphatic carbocycles. The van der Waals surface area contributed by atoms with E-state index in [1.54, 1.807) is 21.0 Å². The maximum atomic E-state index is 7.29. The molecule has 0 saturated carbocycles. The first-order valence-electron chi connectivity index (χ1n) is 3.27. The van der Waals surface area contributed by atoms with Crippen LogP contribution in [0.3, 0.4) is 0 Å². The Kier molecular flexibility index (Phi) is 5.55. The molecule has 0 N–H and O–H groups in total. The van der Waals surface area contributed by atoms with E-state index in [1.807, 2.05) is 0 Å². The number of hydrogen-bond donors (Lipinski definition) is 0. The Labute approximate surface area is 75.9 Å². The molecular weight excluding hydrogens is 201 g/mol. The van der Waals surface area contributed by atoms with Crippen LogP contribution in [0.1, 0.15) is 11.1 Å². The third-order valence-corrected chi connectivity index (χ3v) is 1.22. The van der Waals surface area contributed by atoms with Crippen LogP contribution in [0.2, 0.25) is 0 Å². The molecule has 0 saturated heterocycles. The first-order valence-corrected chi connectivity index (χ1v) is 4.21.